The number of nitrogens with zero attached hydrogens (tertiary/aromatic N) is 3. The molecule has 2 atom stereocenters. The third-order valence-electron chi connectivity index (χ3n) is 6.32. The number of hydrogen-bond acceptors (Lipinski definition) is 3. The molecule has 1 fully saturated rings. The van der Waals surface area contributed by atoms with Crippen LogP contribution in [0, 0.1) is 5.92 Å². The topological polar surface area (TPSA) is 55.2 Å². The van der Waals surface area contributed by atoms with Crippen molar-refractivity contribution in [2.75, 3.05) is 13.1 Å². The van der Waals surface area contributed by atoms with Crippen LogP contribution in [0.25, 0.3) is 11.1 Å². The Kier molecular flexibility index (Phi) is 4.87. The standard InChI is InChI=1S/C24H20F3N3O2/c25-24(26,27)19-3-1-2-17(11-19)20-4-5-21-18-10-15(13-30(21)23(20)32)12-29(14-18)22(31)16-6-8-28-9-7-16/h1-9,11,15,18H,10,12-14H2. The Morgan fingerprint density at radius 1 is 1.00 bits per heavy atom. The normalized spacial score (nSPS) is 20.0. The summed E-state index contributed by atoms with van der Waals surface area (Å²) in [5, 5.41) is 0. The number of benzene rings is 1. The maximum Gasteiger partial charge on any atom is 0.416 e. The molecule has 0 saturated carbocycles. The van der Waals surface area contributed by atoms with Gasteiger partial charge in [-0.1, -0.05) is 12.1 Å². The van der Waals surface area contributed by atoms with Gasteiger partial charge in [0, 0.05) is 54.8 Å². The highest BCUT2D eigenvalue weighted by Gasteiger charge is 2.37. The van der Waals surface area contributed by atoms with Gasteiger partial charge in [0.25, 0.3) is 11.5 Å². The number of pyridine rings is 2. The van der Waals surface area contributed by atoms with Gasteiger partial charge in [0.05, 0.1) is 5.56 Å². The first kappa shape index (κ1) is 20.5. The van der Waals surface area contributed by atoms with Crippen LogP contribution in [0.5, 0.6) is 0 Å². The highest BCUT2D eigenvalue weighted by molar-refractivity contribution is 5.94. The van der Waals surface area contributed by atoms with Crippen molar-refractivity contribution >= 4 is 5.91 Å². The first-order valence-corrected chi connectivity index (χ1v) is 10.4. The largest absolute Gasteiger partial charge is 0.416 e. The Labute approximate surface area is 182 Å². The summed E-state index contributed by atoms with van der Waals surface area (Å²) in [6, 6.07) is 11.7. The van der Waals surface area contributed by atoms with Crippen LogP contribution < -0.4 is 5.56 Å². The van der Waals surface area contributed by atoms with E-state index in [0.29, 0.717) is 25.2 Å². The quantitative estimate of drug-likeness (QED) is 0.602. The second kappa shape index (κ2) is 7.62. The predicted molar refractivity (Wildman–Crippen MR) is 112 cm³/mol. The molecule has 2 aliphatic rings. The number of alkyl halides is 3. The van der Waals surface area contributed by atoms with Crippen LogP contribution in [0.3, 0.4) is 0 Å². The van der Waals surface area contributed by atoms with Crippen molar-refractivity contribution in [2.45, 2.75) is 25.1 Å². The van der Waals surface area contributed by atoms with Gasteiger partial charge in [0.15, 0.2) is 0 Å². The van der Waals surface area contributed by atoms with Crippen LogP contribution in [0.1, 0.15) is 34.0 Å². The van der Waals surface area contributed by atoms with E-state index in [1.807, 2.05) is 11.0 Å². The minimum atomic E-state index is -4.47. The third-order valence-corrected chi connectivity index (χ3v) is 6.32. The van der Waals surface area contributed by atoms with Gasteiger partial charge in [-0.2, -0.15) is 13.2 Å². The fourth-order valence-electron chi connectivity index (χ4n) is 4.87. The summed E-state index contributed by atoms with van der Waals surface area (Å²) in [6.45, 7) is 1.48. The van der Waals surface area contributed by atoms with Crippen molar-refractivity contribution in [3.05, 3.63) is 88.1 Å². The second-order valence-electron chi connectivity index (χ2n) is 8.41. The van der Waals surface area contributed by atoms with Crippen LogP contribution >= 0.6 is 0 Å². The number of fused-ring (bicyclic) bond motifs is 4. The first-order valence-electron chi connectivity index (χ1n) is 10.4. The van der Waals surface area contributed by atoms with E-state index in [9.17, 15) is 22.8 Å². The zero-order chi connectivity index (χ0) is 22.5. The molecule has 0 N–H and O–H groups in total. The average Bonchev–Trinajstić information content (AvgIpc) is 2.79. The number of carbonyl (C=O) groups excluding carboxylic acids is 1. The average molecular weight is 439 g/mol. The molecule has 1 saturated heterocycles. The number of carbonyl (C=O) groups is 1. The molecule has 2 aromatic heterocycles. The van der Waals surface area contributed by atoms with E-state index in [0.717, 1.165) is 24.2 Å². The molecule has 164 valence electrons. The molecule has 1 aromatic carbocycles. The lowest BCUT2D eigenvalue weighted by atomic mass is 9.82. The van der Waals surface area contributed by atoms with Gasteiger partial charge >= 0.3 is 6.18 Å². The molecule has 5 nitrogen and oxygen atoms in total. The Balaban J connectivity index is 1.47. The molecule has 2 unspecified atom stereocenters. The summed E-state index contributed by atoms with van der Waals surface area (Å²) < 4.78 is 41.0. The monoisotopic (exact) mass is 439 g/mol. The van der Waals surface area contributed by atoms with Crippen molar-refractivity contribution in [3.63, 3.8) is 0 Å². The van der Waals surface area contributed by atoms with Crippen molar-refractivity contribution in [1.82, 2.24) is 14.5 Å². The summed E-state index contributed by atoms with van der Waals surface area (Å²) in [6.07, 6.45) is -0.422. The molecular weight excluding hydrogens is 419 g/mol. The Morgan fingerprint density at radius 3 is 2.53 bits per heavy atom. The third kappa shape index (κ3) is 3.59. The van der Waals surface area contributed by atoms with Gasteiger partial charge in [0.1, 0.15) is 0 Å². The zero-order valence-corrected chi connectivity index (χ0v) is 17.0. The molecule has 0 spiro atoms. The fraction of sp³-hybridized carbons (Fsp3) is 0.292. The van der Waals surface area contributed by atoms with E-state index in [1.54, 1.807) is 35.2 Å². The second-order valence-corrected chi connectivity index (χ2v) is 8.41. The van der Waals surface area contributed by atoms with Crippen LogP contribution in [0.2, 0.25) is 0 Å². The van der Waals surface area contributed by atoms with E-state index in [-0.39, 0.29) is 34.4 Å². The van der Waals surface area contributed by atoms with E-state index >= 15 is 0 Å². The molecule has 4 heterocycles. The van der Waals surface area contributed by atoms with Gasteiger partial charge in [0.2, 0.25) is 0 Å². The smallest absolute Gasteiger partial charge is 0.338 e. The number of hydrogen-bond donors (Lipinski definition) is 0. The number of rotatable bonds is 2. The minimum absolute atomic E-state index is 0.0107. The van der Waals surface area contributed by atoms with E-state index < -0.39 is 11.7 Å². The van der Waals surface area contributed by atoms with Crippen LogP contribution in [0.15, 0.2) is 65.7 Å². The summed E-state index contributed by atoms with van der Waals surface area (Å²) in [5.74, 6) is 0.0662. The zero-order valence-electron chi connectivity index (χ0n) is 17.0. The summed E-state index contributed by atoms with van der Waals surface area (Å²) in [7, 11) is 0. The molecule has 8 heteroatoms. The number of amides is 1. The number of aromatic nitrogens is 2. The lowest BCUT2D eigenvalue weighted by Gasteiger charge is -2.43. The molecule has 1 amide bonds. The Morgan fingerprint density at radius 2 is 1.78 bits per heavy atom. The fourth-order valence-corrected chi connectivity index (χ4v) is 4.87. The van der Waals surface area contributed by atoms with Crippen LogP contribution in [0.4, 0.5) is 13.2 Å². The van der Waals surface area contributed by atoms with Crippen molar-refractivity contribution in [2.24, 2.45) is 5.92 Å². The number of halogens is 3. The van der Waals surface area contributed by atoms with Gasteiger partial charge in [-0.15, -0.1) is 0 Å². The van der Waals surface area contributed by atoms with Gasteiger partial charge in [-0.25, -0.2) is 0 Å². The molecule has 2 bridgehead atoms. The summed E-state index contributed by atoms with van der Waals surface area (Å²) >= 11 is 0. The van der Waals surface area contributed by atoms with Crippen LogP contribution in [-0.4, -0.2) is 33.4 Å². The van der Waals surface area contributed by atoms with Gasteiger partial charge in [-0.3, -0.25) is 14.6 Å². The van der Waals surface area contributed by atoms with Crippen LogP contribution in [-0.2, 0) is 12.7 Å². The van der Waals surface area contributed by atoms with Gasteiger partial charge < -0.3 is 9.47 Å². The molecule has 3 aromatic rings. The number of likely N-dealkylation sites (tertiary alicyclic amines) is 1. The SMILES string of the molecule is O=C(c1ccncc1)N1CC2CC(C1)c1ccc(-c3cccc(C(F)(F)F)c3)c(=O)n1C2. The molecule has 0 radical (unpaired) electrons. The lowest BCUT2D eigenvalue weighted by Crippen LogP contribution is -2.49. The molecular formula is C24H20F3N3O2. The maximum absolute atomic E-state index is 13.2. The lowest BCUT2D eigenvalue weighted by molar-refractivity contribution is -0.137. The van der Waals surface area contributed by atoms with E-state index in [2.05, 4.69) is 4.98 Å². The van der Waals surface area contributed by atoms with E-state index in [1.165, 1.54) is 12.1 Å². The molecule has 5 rings (SSSR count). The Bertz CT molecular complexity index is 1240. The highest BCUT2D eigenvalue weighted by atomic mass is 19.4. The minimum Gasteiger partial charge on any atom is -0.338 e. The first-order chi connectivity index (χ1) is 15.3. The van der Waals surface area contributed by atoms with E-state index in [4.69, 9.17) is 0 Å². The van der Waals surface area contributed by atoms with Crippen molar-refractivity contribution in [3.8, 4) is 11.1 Å². The summed E-state index contributed by atoms with van der Waals surface area (Å²) in [5.41, 5.74) is 0.853. The number of piperidine rings is 1. The summed E-state index contributed by atoms with van der Waals surface area (Å²) in [4.78, 5) is 31.9. The highest BCUT2D eigenvalue weighted by Crippen LogP contribution is 2.37. The molecule has 32 heavy (non-hydrogen) atoms. The molecule has 0 aliphatic carbocycles. The molecule has 2 aliphatic heterocycles. The van der Waals surface area contributed by atoms with Crippen molar-refractivity contribution < 1.29 is 18.0 Å². The maximum atomic E-state index is 13.2. The van der Waals surface area contributed by atoms with Gasteiger partial charge in [-0.05, 0) is 54.3 Å². The predicted octanol–water partition coefficient (Wildman–Crippen LogP) is 4.19. The Hall–Kier alpha value is -3.42. The van der Waals surface area contributed by atoms with Crippen molar-refractivity contribution in [1.29, 1.82) is 0 Å².